The highest BCUT2D eigenvalue weighted by atomic mass is 16.3. The number of hydrogen-bond acceptors (Lipinski definition) is 3. The Hall–Kier alpha value is -0.850. The molecule has 0 radical (unpaired) electrons. The number of nitrogens with one attached hydrogen (secondary N) is 2. The summed E-state index contributed by atoms with van der Waals surface area (Å²) in [5.74, 6) is 0. The summed E-state index contributed by atoms with van der Waals surface area (Å²) in [5.41, 5.74) is 0. The summed E-state index contributed by atoms with van der Waals surface area (Å²) >= 11 is 0. The number of hydrogen-bond donors (Lipinski definition) is 4. The highest BCUT2D eigenvalue weighted by molar-refractivity contribution is 5.73. The predicted octanol–water partition coefficient (Wildman–Crippen LogP) is -2.64. The van der Waals surface area contributed by atoms with Crippen molar-refractivity contribution in [1.82, 2.24) is 10.6 Å². The van der Waals surface area contributed by atoms with Crippen molar-refractivity contribution in [2.45, 2.75) is 0 Å². The maximum absolute atomic E-state index is 10.1. The van der Waals surface area contributed by atoms with Crippen molar-refractivity contribution in [2.75, 3.05) is 13.5 Å². The van der Waals surface area contributed by atoms with Gasteiger partial charge < -0.3 is 26.3 Å². The lowest BCUT2D eigenvalue weighted by Gasteiger charge is -1.98. The molecule has 0 aliphatic carbocycles. The van der Waals surface area contributed by atoms with Gasteiger partial charge in [-0.15, -0.1) is 0 Å². The molecule has 0 aromatic heterocycles. The summed E-state index contributed by atoms with van der Waals surface area (Å²) in [6.07, 6.45) is 0. The number of carbonyl (C=O) groups is 1. The summed E-state index contributed by atoms with van der Waals surface area (Å²) in [4.78, 5) is 10.1. The van der Waals surface area contributed by atoms with Crippen LogP contribution in [0.5, 0.6) is 0 Å². The molecule has 0 bridgehead atoms. The van der Waals surface area contributed by atoms with Crippen LogP contribution in [-0.2, 0) is 0 Å². The van der Waals surface area contributed by atoms with Crippen molar-refractivity contribution in [1.29, 1.82) is 0 Å². The number of carbonyl (C=O) groups excluding carboxylic acids is 1. The Labute approximate surface area is 51.8 Å². The van der Waals surface area contributed by atoms with Gasteiger partial charge in [-0.25, -0.2) is 4.79 Å². The van der Waals surface area contributed by atoms with Crippen LogP contribution in [0.1, 0.15) is 0 Å². The molecule has 0 aliphatic rings. The van der Waals surface area contributed by atoms with Gasteiger partial charge in [0.1, 0.15) is 13.5 Å². The lowest BCUT2D eigenvalue weighted by Crippen LogP contribution is -2.36. The molecular formula is C3H10N2O4. The Morgan fingerprint density at radius 1 is 1.22 bits per heavy atom. The van der Waals surface area contributed by atoms with Crippen molar-refractivity contribution in [2.24, 2.45) is 0 Å². The first-order valence-electron chi connectivity index (χ1n) is 2.04. The third kappa shape index (κ3) is 7.15. The second-order valence-corrected chi connectivity index (χ2v) is 0.999. The molecule has 0 spiro atoms. The molecule has 56 valence electrons. The van der Waals surface area contributed by atoms with Crippen molar-refractivity contribution in [3.05, 3.63) is 0 Å². The molecule has 0 unspecified atom stereocenters. The average molecular weight is 138 g/mol. The fourth-order valence-corrected chi connectivity index (χ4v) is 0.206. The molecule has 0 saturated carbocycles. The fourth-order valence-electron chi connectivity index (χ4n) is 0.206. The number of rotatable bonds is 2. The Morgan fingerprint density at radius 3 is 1.78 bits per heavy atom. The van der Waals surface area contributed by atoms with E-state index in [9.17, 15) is 4.79 Å². The van der Waals surface area contributed by atoms with Crippen LogP contribution in [0, 0.1) is 0 Å². The maximum Gasteiger partial charge on any atom is 0.318 e. The third-order valence-electron chi connectivity index (χ3n) is 0.479. The van der Waals surface area contributed by atoms with Crippen LogP contribution in [0.25, 0.3) is 0 Å². The first-order valence-corrected chi connectivity index (χ1v) is 2.04. The zero-order valence-electron chi connectivity index (χ0n) is 4.72. The second-order valence-electron chi connectivity index (χ2n) is 0.999. The van der Waals surface area contributed by atoms with E-state index < -0.39 is 19.5 Å². The van der Waals surface area contributed by atoms with Gasteiger partial charge in [0.05, 0.1) is 0 Å². The molecule has 6 N–H and O–H groups in total. The molecule has 2 amide bonds. The van der Waals surface area contributed by atoms with Crippen molar-refractivity contribution < 1.29 is 20.5 Å². The molecule has 0 aromatic carbocycles. The minimum absolute atomic E-state index is 0. The van der Waals surface area contributed by atoms with E-state index >= 15 is 0 Å². The van der Waals surface area contributed by atoms with Gasteiger partial charge in [-0.2, -0.15) is 0 Å². The van der Waals surface area contributed by atoms with E-state index in [0.29, 0.717) is 0 Å². The smallest absolute Gasteiger partial charge is 0.318 e. The van der Waals surface area contributed by atoms with Crippen LogP contribution in [0.3, 0.4) is 0 Å². The van der Waals surface area contributed by atoms with Gasteiger partial charge in [0, 0.05) is 0 Å². The summed E-state index contributed by atoms with van der Waals surface area (Å²) in [6, 6.07) is -0.588. The molecular weight excluding hydrogens is 128 g/mol. The SMILES string of the molecule is O.O=C(NCO)NCO. The Kier molecular flexibility index (Phi) is 8.75. The molecule has 0 aliphatic heterocycles. The van der Waals surface area contributed by atoms with Crippen LogP contribution >= 0.6 is 0 Å². The summed E-state index contributed by atoms with van der Waals surface area (Å²) in [5, 5.41) is 20.0. The van der Waals surface area contributed by atoms with E-state index in [2.05, 4.69) is 0 Å². The lowest BCUT2D eigenvalue weighted by atomic mass is 10.9. The standard InChI is InChI=1S/C3H8N2O3.H2O/c6-1-4-3(8)5-2-7;/h6-7H,1-2H2,(H2,4,5,8);1H2. The molecule has 0 fully saturated rings. The average Bonchev–Trinajstić information content (AvgIpc) is 1.68. The molecule has 6 nitrogen and oxygen atoms in total. The largest absolute Gasteiger partial charge is 0.412 e. The normalized spacial score (nSPS) is 7.33. The Balaban J connectivity index is 0. The zero-order chi connectivity index (χ0) is 6.41. The molecule has 6 heteroatoms. The quantitative estimate of drug-likeness (QED) is 0.313. The van der Waals surface area contributed by atoms with E-state index in [4.69, 9.17) is 10.2 Å². The van der Waals surface area contributed by atoms with Crippen molar-refractivity contribution in [3.63, 3.8) is 0 Å². The zero-order valence-corrected chi connectivity index (χ0v) is 4.72. The van der Waals surface area contributed by atoms with Gasteiger partial charge in [0.15, 0.2) is 0 Å². The number of aliphatic hydroxyl groups is 2. The third-order valence-corrected chi connectivity index (χ3v) is 0.479. The lowest BCUT2D eigenvalue weighted by molar-refractivity contribution is 0.201. The van der Waals surface area contributed by atoms with Gasteiger partial charge in [-0.3, -0.25) is 0 Å². The number of amides is 2. The summed E-state index contributed by atoms with van der Waals surface area (Å²) in [7, 11) is 0. The topological polar surface area (TPSA) is 113 Å². The van der Waals surface area contributed by atoms with Crippen molar-refractivity contribution in [3.8, 4) is 0 Å². The second kappa shape index (κ2) is 7.15. The molecule has 0 saturated heterocycles. The summed E-state index contributed by atoms with van der Waals surface area (Å²) in [6.45, 7) is -0.850. The molecule has 0 atom stereocenters. The van der Waals surface area contributed by atoms with E-state index in [1.54, 1.807) is 0 Å². The van der Waals surface area contributed by atoms with E-state index in [0.717, 1.165) is 0 Å². The minimum atomic E-state index is -0.588. The van der Waals surface area contributed by atoms with E-state index in [1.807, 2.05) is 10.6 Å². The Bertz CT molecular complexity index is 68.2. The van der Waals surface area contributed by atoms with Crippen molar-refractivity contribution >= 4 is 6.03 Å². The maximum atomic E-state index is 10.1. The predicted molar refractivity (Wildman–Crippen MR) is 29.5 cm³/mol. The van der Waals surface area contributed by atoms with E-state index in [-0.39, 0.29) is 5.48 Å². The summed E-state index contributed by atoms with van der Waals surface area (Å²) < 4.78 is 0. The van der Waals surface area contributed by atoms with Gasteiger partial charge in [0.25, 0.3) is 0 Å². The fraction of sp³-hybridized carbons (Fsp3) is 0.667. The van der Waals surface area contributed by atoms with Crippen LogP contribution in [0.15, 0.2) is 0 Å². The first-order chi connectivity index (χ1) is 3.81. The Morgan fingerprint density at radius 2 is 1.56 bits per heavy atom. The molecule has 0 heterocycles. The number of aliphatic hydroxyl groups excluding tert-OH is 2. The van der Waals surface area contributed by atoms with Gasteiger partial charge >= 0.3 is 6.03 Å². The highest BCUT2D eigenvalue weighted by Crippen LogP contribution is 1.57. The van der Waals surface area contributed by atoms with Crippen LogP contribution in [-0.4, -0.2) is 35.2 Å². The first kappa shape index (κ1) is 11.0. The molecule has 0 rings (SSSR count). The van der Waals surface area contributed by atoms with E-state index in [1.165, 1.54) is 0 Å². The van der Waals surface area contributed by atoms with Crippen LogP contribution in [0.2, 0.25) is 0 Å². The minimum Gasteiger partial charge on any atom is -0.412 e. The molecule has 9 heavy (non-hydrogen) atoms. The van der Waals surface area contributed by atoms with Gasteiger partial charge in [-0.1, -0.05) is 0 Å². The number of urea groups is 1. The van der Waals surface area contributed by atoms with Crippen LogP contribution < -0.4 is 10.6 Å². The van der Waals surface area contributed by atoms with Gasteiger partial charge in [0.2, 0.25) is 0 Å². The highest BCUT2D eigenvalue weighted by Gasteiger charge is 1.91. The molecule has 0 aromatic rings. The van der Waals surface area contributed by atoms with Crippen LogP contribution in [0.4, 0.5) is 4.79 Å². The van der Waals surface area contributed by atoms with Gasteiger partial charge in [-0.05, 0) is 0 Å². The monoisotopic (exact) mass is 138 g/mol.